The van der Waals surface area contributed by atoms with Crippen LogP contribution in [0.2, 0.25) is 0 Å². The van der Waals surface area contributed by atoms with E-state index in [2.05, 4.69) is 41.9 Å². The van der Waals surface area contributed by atoms with Crippen LogP contribution in [0.3, 0.4) is 0 Å². The summed E-state index contributed by atoms with van der Waals surface area (Å²) in [6, 6.07) is 7.86. The molecule has 2 aromatic rings. The minimum atomic E-state index is -3.99. The molecule has 1 atom stereocenters. The first kappa shape index (κ1) is 24.5. The maximum absolute atomic E-state index is 13.0. The molecular formula is C22H18Br2N2O7S. The number of hydrogen-bond donors (Lipinski definition) is 3. The van der Waals surface area contributed by atoms with E-state index in [4.69, 9.17) is 9.47 Å². The van der Waals surface area contributed by atoms with E-state index in [1.165, 1.54) is 30.3 Å². The van der Waals surface area contributed by atoms with Crippen molar-refractivity contribution in [1.82, 2.24) is 4.72 Å². The Morgan fingerprint density at radius 1 is 1.03 bits per heavy atom. The van der Waals surface area contributed by atoms with E-state index < -0.39 is 27.9 Å². The number of hydrogen-bond acceptors (Lipinski definition) is 6. The number of carbonyl (C=O) groups excluding carboxylic acids is 1. The Kier molecular flexibility index (Phi) is 7.12. The highest BCUT2D eigenvalue weighted by molar-refractivity contribution is 9.10. The Morgan fingerprint density at radius 3 is 2.56 bits per heavy atom. The Balaban J connectivity index is 1.55. The van der Waals surface area contributed by atoms with E-state index >= 15 is 0 Å². The molecular weight excluding hydrogens is 596 g/mol. The van der Waals surface area contributed by atoms with Crippen LogP contribution in [-0.4, -0.2) is 44.7 Å². The molecule has 0 saturated carbocycles. The molecule has 2 aromatic carbocycles. The van der Waals surface area contributed by atoms with Gasteiger partial charge in [0.1, 0.15) is 19.0 Å². The topological polar surface area (TPSA) is 131 Å². The largest absolute Gasteiger partial charge is 0.490 e. The Morgan fingerprint density at radius 2 is 1.79 bits per heavy atom. The molecule has 1 aliphatic heterocycles. The van der Waals surface area contributed by atoms with Crippen LogP contribution >= 0.6 is 31.9 Å². The number of carboxylic acids is 1. The number of sulfonamides is 1. The van der Waals surface area contributed by atoms with Crippen LogP contribution in [0.25, 0.3) is 0 Å². The van der Waals surface area contributed by atoms with Crippen molar-refractivity contribution in [3.05, 3.63) is 80.1 Å². The van der Waals surface area contributed by atoms with E-state index in [0.29, 0.717) is 40.1 Å². The fraction of sp³-hybridized carbons (Fsp3) is 0.182. The predicted octanol–water partition coefficient (Wildman–Crippen LogP) is 4.03. The van der Waals surface area contributed by atoms with Gasteiger partial charge in [-0.25, -0.2) is 17.9 Å². The van der Waals surface area contributed by atoms with Crippen LogP contribution in [0, 0.1) is 0 Å². The number of amides is 1. The summed E-state index contributed by atoms with van der Waals surface area (Å²) >= 11 is 6.46. The second kappa shape index (κ2) is 9.90. The van der Waals surface area contributed by atoms with Gasteiger partial charge in [-0.15, -0.1) is 0 Å². The predicted molar refractivity (Wildman–Crippen MR) is 130 cm³/mol. The quantitative estimate of drug-likeness (QED) is 0.448. The Labute approximate surface area is 212 Å². The van der Waals surface area contributed by atoms with Crippen molar-refractivity contribution in [1.29, 1.82) is 0 Å². The van der Waals surface area contributed by atoms with Crippen molar-refractivity contribution in [3.63, 3.8) is 0 Å². The van der Waals surface area contributed by atoms with Crippen molar-refractivity contribution in [3.8, 4) is 0 Å². The van der Waals surface area contributed by atoms with E-state index in [1.807, 2.05) is 0 Å². The zero-order valence-corrected chi connectivity index (χ0v) is 21.4. The number of anilines is 1. The molecule has 0 saturated heterocycles. The smallest absolute Gasteiger partial charge is 0.337 e. The molecule has 2 aliphatic rings. The summed E-state index contributed by atoms with van der Waals surface area (Å²) in [5, 5.41) is 11.9. The number of allylic oxidation sites excluding steroid dienone is 1. The summed E-state index contributed by atoms with van der Waals surface area (Å²) in [6.07, 6.45) is 3.65. The standard InChI is InChI=1S/C22H18Br2N2O7S/c23-12-1-5-18(16(9-12)22(28)29)25-21(27)15-11-14(3-4-17(15)24)34(30,31)26-13-2-6-19-20(10-13)33-8-7-32-19/h1-6,9,11,13,26H,7-8,10H2,(H,25,27)(H,28,29). The van der Waals surface area contributed by atoms with E-state index in [0.717, 1.165) is 0 Å². The van der Waals surface area contributed by atoms with Crippen molar-refractivity contribution < 1.29 is 32.6 Å². The van der Waals surface area contributed by atoms with Crippen molar-refractivity contribution in [2.45, 2.75) is 17.4 Å². The second-order valence-electron chi connectivity index (χ2n) is 7.37. The van der Waals surface area contributed by atoms with Crippen LogP contribution in [0.1, 0.15) is 27.1 Å². The average Bonchev–Trinajstić information content (AvgIpc) is 2.79. The number of ether oxygens (including phenoxy) is 2. The summed E-state index contributed by atoms with van der Waals surface area (Å²) in [4.78, 5) is 24.3. The second-order valence-corrected chi connectivity index (χ2v) is 10.9. The van der Waals surface area contributed by atoms with E-state index in [9.17, 15) is 23.1 Å². The third-order valence-electron chi connectivity index (χ3n) is 5.04. The SMILES string of the molecule is O=C(Nc1ccc(Br)cc1C(=O)O)c1cc(S(=O)(=O)NC2C=CC3=C(C2)OCCO3)ccc1Br. The fourth-order valence-electron chi connectivity index (χ4n) is 3.43. The van der Waals surface area contributed by atoms with E-state index in [1.54, 1.807) is 18.2 Å². The molecule has 1 heterocycles. The highest BCUT2D eigenvalue weighted by Gasteiger charge is 2.27. The van der Waals surface area contributed by atoms with Gasteiger partial charge in [0.15, 0.2) is 5.76 Å². The molecule has 0 radical (unpaired) electrons. The molecule has 1 unspecified atom stereocenters. The zero-order valence-electron chi connectivity index (χ0n) is 17.4. The molecule has 3 N–H and O–H groups in total. The highest BCUT2D eigenvalue weighted by Crippen LogP contribution is 2.27. The number of nitrogens with one attached hydrogen (secondary N) is 2. The molecule has 9 nitrogen and oxygen atoms in total. The van der Waals surface area contributed by atoms with Crippen LogP contribution in [-0.2, 0) is 19.5 Å². The molecule has 0 bridgehead atoms. The number of rotatable bonds is 6. The maximum atomic E-state index is 13.0. The first-order chi connectivity index (χ1) is 16.1. The monoisotopic (exact) mass is 612 g/mol. The summed E-state index contributed by atoms with van der Waals surface area (Å²) in [6.45, 7) is 0.844. The molecule has 0 aromatic heterocycles. The van der Waals surface area contributed by atoms with Crippen molar-refractivity contribution >= 4 is 59.4 Å². The zero-order chi connectivity index (χ0) is 24.5. The first-order valence-electron chi connectivity index (χ1n) is 9.97. The van der Waals surface area contributed by atoms with Gasteiger partial charge < -0.3 is 19.9 Å². The third-order valence-corrected chi connectivity index (χ3v) is 7.71. The number of halogens is 2. The van der Waals surface area contributed by atoms with E-state index in [-0.39, 0.29) is 21.7 Å². The van der Waals surface area contributed by atoms with Gasteiger partial charge in [0, 0.05) is 21.4 Å². The molecule has 178 valence electrons. The lowest BCUT2D eigenvalue weighted by molar-refractivity contribution is 0.0614. The molecule has 34 heavy (non-hydrogen) atoms. The van der Waals surface area contributed by atoms with Crippen LogP contribution in [0.5, 0.6) is 0 Å². The Bertz CT molecular complexity index is 1340. The summed E-state index contributed by atoms with van der Waals surface area (Å²) in [7, 11) is -3.99. The molecule has 12 heteroatoms. The van der Waals surface area contributed by atoms with Gasteiger partial charge in [-0.2, -0.15) is 0 Å². The summed E-state index contributed by atoms with van der Waals surface area (Å²) in [5.41, 5.74) is -0.0172. The fourth-order valence-corrected chi connectivity index (χ4v) is 5.43. The van der Waals surface area contributed by atoms with Gasteiger partial charge in [0.05, 0.1) is 21.7 Å². The minimum Gasteiger partial charge on any atom is -0.490 e. The summed E-state index contributed by atoms with van der Waals surface area (Å²) < 4.78 is 40.6. The highest BCUT2D eigenvalue weighted by atomic mass is 79.9. The van der Waals surface area contributed by atoms with Crippen LogP contribution in [0.15, 0.2) is 73.9 Å². The lowest BCUT2D eigenvalue weighted by Crippen LogP contribution is -2.36. The van der Waals surface area contributed by atoms with Gasteiger partial charge >= 0.3 is 5.97 Å². The van der Waals surface area contributed by atoms with Crippen LogP contribution < -0.4 is 10.0 Å². The Hall–Kier alpha value is -2.67. The number of benzene rings is 2. The van der Waals surface area contributed by atoms with Gasteiger partial charge in [0.2, 0.25) is 10.0 Å². The lowest BCUT2D eigenvalue weighted by Gasteiger charge is -2.26. The molecule has 1 amide bonds. The molecule has 1 aliphatic carbocycles. The van der Waals surface area contributed by atoms with Gasteiger partial charge in [0.25, 0.3) is 5.91 Å². The van der Waals surface area contributed by atoms with Gasteiger partial charge in [-0.1, -0.05) is 22.0 Å². The number of aromatic carboxylic acids is 1. The van der Waals surface area contributed by atoms with Crippen LogP contribution in [0.4, 0.5) is 5.69 Å². The molecule has 0 fully saturated rings. The normalized spacial score (nSPS) is 17.4. The van der Waals surface area contributed by atoms with Crippen molar-refractivity contribution in [2.24, 2.45) is 0 Å². The molecule has 4 rings (SSSR count). The average molecular weight is 614 g/mol. The maximum Gasteiger partial charge on any atom is 0.337 e. The van der Waals surface area contributed by atoms with Crippen molar-refractivity contribution in [2.75, 3.05) is 18.5 Å². The lowest BCUT2D eigenvalue weighted by atomic mass is 10.1. The number of carboxylic acid groups (broad SMARTS) is 1. The van der Waals surface area contributed by atoms with Gasteiger partial charge in [-0.3, -0.25) is 4.79 Å². The minimum absolute atomic E-state index is 0.0235. The summed E-state index contributed by atoms with van der Waals surface area (Å²) in [5.74, 6) is -0.713. The molecule has 0 spiro atoms. The first-order valence-corrected chi connectivity index (χ1v) is 13.0. The number of carbonyl (C=O) groups is 2. The third kappa shape index (κ3) is 5.35. The van der Waals surface area contributed by atoms with Gasteiger partial charge in [-0.05, 0) is 58.4 Å².